The van der Waals surface area contributed by atoms with Crippen LogP contribution in [-0.4, -0.2) is 29.6 Å². The third kappa shape index (κ3) is 7.99. The van der Waals surface area contributed by atoms with E-state index in [1.165, 1.54) is 0 Å². The quantitative estimate of drug-likeness (QED) is 0.399. The Bertz CT molecular complexity index is 241. The highest BCUT2D eigenvalue weighted by molar-refractivity contribution is 5.75. The molecule has 0 spiro atoms. The molecule has 1 atom stereocenters. The Hall–Kier alpha value is -1.36. The monoisotopic (exact) mass is 228 g/mol. The molecule has 16 heavy (non-hydrogen) atoms. The standard InChI is InChI=1S/C11H20N2O3/c1-2-3-7-10(14)13-8-5-4-6-9(12)11(15)16/h2,9H,1,3-8,12H2,(H,13,14)(H,15,16)/t9-/m0/s1. The maximum atomic E-state index is 11.1. The van der Waals surface area contributed by atoms with Crippen molar-refractivity contribution in [2.75, 3.05) is 6.54 Å². The summed E-state index contributed by atoms with van der Waals surface area (Å²) >= 11 is 0. The first kappa shape index (κ1) is 14.6. The number of carbonyl (C=O) groups is 2. The van der Waals surface area contributed by atoms with Crippen LogP contribution in [0, 0.1) is 0 Å². The molecule has 92 valence electrons. The third-order valence-electron chi connectivity index (χ3n) is 2.16. The van der Waals surface area contributed by atoms with Crippen LogP contribution < -0.4 is 11.1 Å². The zero-order valence-corrected chi connectivity index (χ0v) is 9.45. The summed E-state index contributed by atoms with van der Waals surface area (Å²) in [6.45, 7) is 4.10. The maximum Gasteiger partial charge on any atom is 0.320 e. The Morgan fingerprint density at radius 1 is 1.44 bits per heavy atom. The lowest BCUT2D eigenvalue weighted by molar-refractivity contribution is -0.138. The lowest BCUT2D eigenvalue weighted by Crippen LogP contribution is -2.30. The second kappa shape index (κ2) is 8.91. The predicted molar refractivity (Wildman–Crippen MR) is 61.9 cm³/mol. The fourth-order valence-electron chi connectivity index (χ4n) is 1.16. The second-order valence-electron chi connectivity index (χ2n) is 3.62. The first-order valence-electron chi connectivity index (χ1n) is 5.44. The average Bonchev–Trinajstić information content (AvgIpc) is 2.25. The van der Waals surface area contributed by atoms with Gasteiger partial charge in [0.1, 0.15) is 6.04 Å². The fraction of sp³-hybridized carbons (Fsp3) is 0.636. The van der Waals surface area contributed by atoms with Gasteiger partial charge in [0.25, 0.3) is 0 Å². The van der Waals surface area contributed by atoms with Gasteiger partial charge in [-0.1, -0.05) is 6.08 Å². The smallest absolute Gasteiger partial charge is 0.320 e. The minimum atomic E-state index is -0.977. The molecule has 0 aromatic carbocycles. The van der Waals surface area contributed by atoms with Gasteiger partial charge >= 0.3 is 5.97 Å². The normalized spacial score (nSPS) is 11.8. The van der Waals surface area contributed by atoms with Crippen molar-refractivity contribution in [2.24, 2.45) is 5.73 Å². The summed E-state index contributed by atoms with van der Waals surface area (Å²) in [6, 6.07) is -0.795. The van der Waals surface area contributed by atoms with Gasteiger partial charge in [-0.15, -0.1) is 6.58 Å². The van der Waals surface area contributed by atoms with Crippen molar-refractivity contribution < 1.29 is 14.7 Å². The highest BCUT2D eigenvalue weighted by Crippen LogP contribution is 1.98. The summed E-state index contributed by atoms with van der Waals surface area (Å²) in [7, 11) is 0. The van der Waals surface area contributed by atoms with E-state index in [1.807, 2.05) is 0 Å². The van der Waals surface area contributed by atoms with E-state index < -0.39 is 12.0 Å². The molecule has 5 heteroatoms. The molecule has 1 amide bonds. The van der Waals surface area contributed by atoms with Crippen molar-refractivity contribution in [3.8, 4) is 0 Å². The largest absolute Gasteiger partial charge is 0.480 e. The zero-order chi connectivity index (χ0) is 12.4. The van der Waals surface area contributed by atoms with Crippen molar-refractivity contribution in [3.63, 3.8) is 0 Å². The Morgan fingerprint density at radius 3 is 2.69 bits per heavy atom. The summed E-state index contributed by atoms with van der Waals surface area (Å²) in [6.07, 6.45) is 4.73. The highest BCUT2D eigenvalue weighted by Gasteiger charge is 2.09. The molecule has 0 bridgehead atoms. The number of allylic oxidation sites excluding steroid dienone is 1. The van der Waals surface area contributed by atoms with Crippen LogP contribution in [0.1, 0.15) is 32.1 Å². The Balaban J connectivity index is 3.36. The molecular weight excluding hydrogens is 208 g/mol. The van der Waals surface area contributed by atoms with Crippen molar-refractivity contribution in [3.05, 3.63) is 12.7 Å². The van der Waals surface area contributed by atoms with Gasteiger partial charge in [0.15, 0.2) is 0 Å². The van der Waals surface area contributed by atoms with Gasteiger partial charge in [-0.05, 0) is 25.7 Å². The van der Waals surface area contributed by atoms with E-state index in [1.54, 1.807) is 6.08 Å². The Morgan fingerprint density at radius 2 is 2.12 bits per heavy atom. The van der Waals surface area contributed by atoms with Crippen LogP contribution in [0.2, 0.25) is 0 Å². The van der Waals surface area contributed by atoms with Crippen molar-refractivity contribution in [1.82, 2.24) is 5.32 Å². The summed E-state index contributed by atoms with van der Waals surface area (Å²) in [4.78, 5) is 21.5. The van der Waals surface area contributed by atoms with Crippen LogP contribution >= 0.6 is 0 Å². The molecule has 0 unspecified atom stereocenters. The summed E-state index contributed by atoms with van der Waals surface area (Å²) in [5, 5.41) is 11.3. The van der Waals surface area contributed by atoms with Gasteiger partial charge in [0.05, 0.1) is 0 Å². The molecule has 0 aliphatic carbocycles. The molecular formula is C11H20N2O3. The molecule has 4 N–H and O–H groups in total. The number of unbranched alkanes of at least 4 members (excludes halogenated alkanes) is 1. The number of aliphatic carboxylic acids is 1. The number of carboxylic acid groups (broad SMARTS) is 1. The fourth-order valence-corrected chi connectivity index (χ4v) is 1.16. The van der Waals surface area contributed by atoms with E-state index >= 15 is 0 Å². The molecule has 0 fully saturated rings. The van der Waals surface area contributed by atoms with Gasteiger partial charge in [-0.2, -0.15) is 0 Å². The van der Waals surface area contributed by atoms with Gasteiger partial charge in [-0.3, -0.25) is 9.59 Å². The van der Waals surface area contributed by atoms with Crippen molar-refractivity contribution in [1.29, 1.82) is 0 Å². The number of carbonyl (C=O) groups excluding carboxylic acids is 1. The summed E-state index contributed by atoms with van der Waals surface area (Å²) < 4.78 is 0. The number of nitrogens with two attached hydrogens (primary N) is 1. The van der Waals surface area contributed by atoms with E-state index in [-0.39, 0.29) is 5.91 Å². The number of hydrogen-bond donors (Lipinski definition) is 3. The Labute approximate surface area is 95.7 Å². The number of amides is 1. The maximum absolute atomic E-state index is 11.1. The molecule has 5 nitrogen and oxygen atoms in total. The molecule has 0 aliphatic heterocycles. The second-order valence-corrected chi connectivity index (χ2v) is 3.62. The zero-order valence-electron chi connectivity index (χ0n) is 9.45. The van der Waals surface area contributed by atoms with Crippen LogP contribution in [0.15, 0.2) is 12.7 Å². The van der Waals surface area contributed by atoms with Gasteiger partial charge in [0.2, 0.25) is 5.91 Å². The van der Waals surface area contributed by atoms with Crippen LogP contribution in [0.25, 0.3) is 0 Å². The van der Waals surface area contributed by atoms with Crippen LogP contribution in [0.3, 0.4) is 0 Å². The van der Waals surface area contributed by atoms with Crippen LogP contribution in [0.4, 0.5) is 0 Å². The molecule has 0 saturated carbocycles. The average molecular weight is 228 g/mol. The summed E-state index contributed by atoms with van der Waals surface area (Å²) in [5.74, 6) is -0.975. The van der Waals surface area contributed by atoms with E-state index in [2.05, 4.69) is 11.9 Å². The van der Waals surface area contributed by atoms with Crippen LogP contribution in [-0.2, 0) is 9.59 Å². The van der Waals surface area contributed by atoms with Gasteiger partial charge in [0, 0.05) is 13.0 Å². The minimum Gasteiger partial charge on any atom is -0.480 e. The highest BCUT2D eigenvalue weighted by atomic mass is 16.4. The lowest BCUT2D eigenvalue weighted by Gasteiger charge is -2.06. The first-order valence-corrected chi connectivity index (χ1v) is 5.44. The number of nitrogens with one attached hydrogen (secondary N) is 1. The van der Waals surface area contributed by atoms with E-state index in [9.17, 15) is 9.59 Å². The van der Waals surface area contributed by atoms with E-state index in [0.29, 0.717) is 32.2 Å². The minimum absolute atomic E-state index is 0.00225. The molecule has 0 aromatic heterocycles. The third-order valence-corrected chi connectivity index (χ3v) is 2.16. The van der Waals surface area contributed by atoms with E-state index in [0.717, 1.165) is 6.42 Å². The van der Waals surface area contributed by atoms with E-state index in [4.69, 9.17) is 10.8 Å². The first-order chi connectivity index (χ1) is 7.57. The molecule has 0 aromatic rings. The molecule has 0 heterocycles. The topological polar surface area (TPSA) is 92.4 Å². The lowest BCUT2D eigenvalue weighted by atomic mass is 10.1. The molecule has 0 aliphatic rings. The molecule has 0 rings (SSSR count). The summed E-state index contributed by atoms with van der Waals surface area (Å²) in [5.41, 5.74) is 5.33. The Kier molecular flexibility index (Phi) is 8.15. The number of rotatable bonds is 9. The van der Waals surface area contributed by atoms with Crippen molar-refractivity contribution >= 4 is 11.9 Å². The molecule has 0 radical (unpaired) electrons. The predicted octanol–water partition coefficient (Wildman–Crippen LogP) is 0.651. The molecule has 0 saturated heterocycles. The number of carboxylic acids is 1. The van der Waals surface area contributed by atoms with Gasteiger partial charge < -0.3 is 16.2 Å². The van der Waals surface area contributed by atoms with Crippen molar-refractivity contribution in [2.45, 2.75) is 38.1 Å². The van der Waals surface area contributed by atoms with Crippen LogP contribution in [0.5, 0.6) is 0 Å². The van der Waals surface area contributed by atoms with Gasteiger partial charge in [-0.25, -0.2) is 0 Å². The number of hydrogen-bond acceptors (Lipinski definition) is 3. The SMILES string of the molecule is C=CCCC(=O)NCCCC[C@H](N)C(=O)O.